The molecule has 332 valence electrons. The van der Waals surface area contributed by atoms with Gasteiger partial charge in [0.1, 0.15) is 30.9 Å². The molecule has 2 heterocycles. The number of nitrogens with one attached hydrogen (secondary N) is 2. The summed E-state index contributed by atoms with van der Waals surface area (Å²) < 4.78 is 55.6. The highest BCUT2D eigenvalue weighted by Crippen LogP contribution is 2.35. The Kier molecular flexibility index (Phi) is 16.7. The molecule has 17 nitrogen and oxygen atoms in total. The predicted octanol–water partition coefficient (Wildman–Crippen LogP) is 4.72. The molecule has 5 rings (SSSR count). The molecule has 0 bridgehead atoms. The van der Waals surface area contributed by atoms with Crippen molar-refractivity contribution in [2.45, 2.75) is 56.5 Å². The number of amides is 3. The SMILES string of the molecule is CC(=O)N[C@@H](CS)C(=O)OCCOCCOC(=O)OC(C)OC(=O)[C@H](Cc1cccc(S(C)(=O)=O)c1)NC(=O)c1c(Cl)cc2c(c1Cl)CCN(C(=O)c1ccc3ccoc3c1)C2. The van der Waals surface area contributed by atoms with Crippen LogP contribution in [0.3, 0.4) is 0 Å². The number of benzene rings is 3. The van der Waals surface area contributed by atoms with Gasteiger partial charge < -0.3 is 43.6 Å². The zero-order valence-electron chi connectivity index (χ0n) is 33.6. The fourth-order valence-corrected chi connectivity index (χ4v) is 8.01. The lowest BCUT2D eigenvalue weighted by Gasteiger charge is -2.30. The number of carbonyl (C=O) groups is 6. The van der Waals surface area contributed by atoms with Crippen molar-refractivity contribution in [1.82, 2.24) is 15.5 Å². The summed E-state index contributed by atoms with van der Waals surface area (Å²) in [5.74, 6) is -3.23. The smallest absolute Gasteiger partial charge is 0.464 e. The van der Waals surface area contributed by atoms with Crippen LogP contribution in [-0.2, 0) is 67.3 Å². The van der Waals surface area contributed by atoms with Crippen LogP contribution in [0.5, 0.6) is 0 Å². The Morgan fingerprint density at radius 2 is 1.65 bits per heavy atom. The van der Waals surface area contributed by atoms with E-state index in [1.165, 1.54) is 44.4 Å². The minimum Gasteiger partial charge on any atom is -0.464 e. The van der Waals surface area contributed by atoms with Gasteiger partial charge in [-0.15, -0.1) is 0 Å². The number of ether oxygens (including phenoxy) is 5. The lowest BCUT2D eigenvalue weighted by atomic mass is 9.95. The molecule has 1 aliphatic rings. The number of fused-ring (bicyclic) bond motifs is 2. The summed E-state index contributed by atoms with van der Waals surface area (Å²) in [5, 5.41) is 5.81. The van der Waals surface area contributed by atoms with Crippen molar-refractivity contribution in [2.75, 3.05) is 45.0 Å². The Labute approximate surface area is 371 Å². The minimum atomic E-state index is -3.64. The molecule has 0 radical (unpaired) electrons. The Morgan fingerprint density at radius 1 is 0.903 bits per heavy atom. The van der Waals surface area contributed by atoms with Crippen LogP contribution in [-0.4, -0.2) is 112 Å². The molecule has 1 aliphatic heterocycles. The van der Waals surface area contributed by atoms with Gasteiger partial charge in [-0.2, -0.15) is 12.6 Å². The van der Waals surface area contributed by atoms with Crippen LogP contribution >= 0.6 is 35.8 Å². The monoisotopic (exact) mass is 935 g/mol. The summed E-state index contributed by atoms with van der Waals surface area (Å²) >= 11 is 17.5. The molecule has 0 aliphatic carbocycles. The van der Waals surface area contributed by atoms with Crippen molar-refractivity contribution >= 4 is 92.5 Å². The maximum absolute atomic E-state index is 13.9. The summed E-state index contributed by atoms with van der Waals surface area (Å²) in [4.78, 5) is 78.1. The molecule has 3 amide bonds. The second-order valence-electron chi connectivity index (χ2n) is 13.9. The highest BCUT2D eigenvalue weighted by Gasteiger charge is 2.32. The molecule has 0 spiro atoms. The lowest BCUT2D eigenvalue weighted by Crippen LogP contribution is -2.45. The van der Waals surface area contributed by atoms with E-state index in [4.69, 9.17) is 51.3 Å². The van der Waals surface area contributed by atoms with Crippen molar-refractivity contribution in [1.29, 1.82) is 0 Å². The molecular weight excluding hydrogens is 893 g/mol. The largest absolute Gasteiger partial charge is 0.511 e. The third-order valence-electron chi connectivity index (χ3n) is 9.29. The summed E-state index contributed by atoms with van der Waals surface area (Å²) in [6, 6.07) is 11.8. The molecule has 0 fully saturated rings. The fraction of sp³-hybridized carbons (Fsp3) is 0.366. The first-order valence-corrected chi connectivity index (χ1v) is 22.3. The van der Waals surface area contributed by atoms with Gasteiger partial charge in [-0.1, -0.05) is 41.4 Å². The highest BCUT2D eigenvalue weighted by molar-refractivity contribution is 7.90. The van der Waals surface area contributed by atoms with Crippen molar-refractivity contribution in [3.05, 3.63) is 98.7 Å². The normalized spacial score (nSPS) is 13.9. The second-order valence-corrected chi connectivity index (χ2v) is 17.1. The molecular formula is C41H43Cl2N3O14S2. The van der Waals surface area contributed by atoms with Crippen LogP contribution in [0.4, 0.5) is 4.79 Å². The van der Waals surface area contributed by atoms with E-state index in [2.05, 4.69) is 23.3 Å². The van der Waals surface area contributed by atoms with Crippen LogP contribution < -0.4 is 10.6 Å². The van der Waals surface area contributed by atoms with Crippen LogP contribution in [0.1, 0.15) is 51.3 Å². The van der Waals surface area contributed by atoms with Crippen LogP contribution in [0.25, 0.3) is 11.0 Å². The van der Waals surface area contributed by atoms with Crippen LogP contribution in [0.2, 0.25) is 10.0 Å². The van der Waals surface area contributed by atoms with E-state index in [9.17, 15) is 37.2 Å². The minimum absolute atomic E-state index is 0.0221. The van der Waals surface area contributed by atoms with Gasteiger partial charge in [0, 0.05) is 56.3 Å². The number of esters is 2. The van der Waals surface area contributed by atoms with Gasteiger partial charge in [-0.25, -0.2) is 22.8 Å². The average Bonchev–Trinajstić information content (AvgIpc) is 3.69. The summed E-state index contributed by atoms with van der Waals surface area (Å²) in [7, 11) is -3.64. The van der Waals surface area contributed by atoms with Gasteiger partial charge >= 0.3 is 18.1 Å². The maximum atomic E-state index is 13.9. The number of carbonyl (C=O) groups excluding carboxylic acids is 6. The summed E-state index contributed by atoms with van der Waals surface area (Å²) in [5.41, 5.74) is 2.41. The van der Waals surface area contributed by atoms with Crippen LogP contribution in [0, 0.1) is 0 Å². The zero-order chi connectivity index (χ0) is 45.1. The topological polar surface area (TPSA) is 223 Å². The maximum Gasteiger partial charge on any atom is 0.511 e. The molecule has 21 heteroatoms. The van der Waals surface area contributed by atoms with E-state index < -0.39 is 58.1 Å². The lowest BCUT2D eigenvalue weighted by molar-refractivity contribution is -0.170. The number of nitrogens with zero attached hydrogens (tertiary/aromatic N) is 1. The number of hydrogen-bond acceptors (Lipinski definition) is 15. The third-order valence-corrected chi connectivity index (χ3v) is 11.5. The quantitative estimate of drug-likeness (QED) is 0.0404. The van der Waals surface area contributed by atoms with E-state index >= 15 is 0 Å². The molecule has 4 aromatic rings. The number of sulfone groups is 1. The first kappa shape index (κ1) is 47.7. The number of furan rings is 1. The molecule has 1 unspecified atom stereocenters. The first-order chi connectivity index (χ1) is 29.4. The van der Waals surface area contributed by atoms with E-state index in [0.29, 0.717) is 27.8 Å². The molecule has 3 atom stereocenters. The molecule has 62 heavy (non-hydrogen) atoms. The van der Waals surface area contributed by atoms with Gasteiger partial charge in [-0.05, 0) is 59.5 Å². The van der Waals surface area contributed by atoms with Crippen molar-refractivity contribution in [3.8, 4) is 0 Å². The van der Waals surface area contributed by atoms with Crippen LogP contribution in [0.15, 0.2) is 70.2 Å². The second kappa shape index (κ2) is 21.6. The van der Waals surface area contributed by atoms with Gasteiger partial charge in [0.15, 0.2) is 9.84 Å². The van der Waals surface area contributed by atoms with Gasteiger partial charge in [0.25, 0.3) is 11.8 Å². The molecule has 0 saturated heterocycles. The average molecular weight is 937 g/mol. The van der Waals surface area contributed by atoms with Gasteiger partial charge in [0.05, 0.1) is 40.0 Å². The van der Waals surface area contributed by atoms with E-state index in [1.807, 2.05) is 0 Å². The zero-order valence-corrected chi connectivity index (χ0v) is 36.9. The van der Waals surface area contributed by atoms with Crippen molar-refractivity contribution < 1.29 is 65.3 Å². The molecule has 0 saturated carbocycles. The standard InChI is InChI=1S/C41H43Cl2N3O14S2/c1-23(47)44-33(22-61)39(50)57-15-13-55-14-16-58-41(52)60-24(2)59-40(51)32(18-25-5-4-6-29(17-25)62(3,53)54)45-37(48)35-31(42)19-28-21-46(11-9-30(28)36(35)43)38(49)27-8-7-26-10-12-56-34(26)20-27/h4-8,10,12,17,19-20,24,32-33,61H,9,11,13-16,18,21-22H2,1-3H3,(H,44,47)(H,45,48)/t24?,32-,33-/m0/s1. The summed E-state index contributed by atoms with van der Waals surface area (Å²) in [6.45, 7) is 2.32. The van der Waals surface area contributed by atoms with Gasteiger partial charge in [0.2, 0.25) is 12.2 Å². The molecule has 1 aromatic heterocycles. The summed E-state index contributed by atoms with van der Waals surface area (Å²) in [6.07, 6.45) is -0.163. The van der Waals surface area contributed by atoms with E-state index in [-0.39, 0.29) is 84.5 Å². The number of halogens is 2. The van der Waals surface area contributed by atoms with E-state index in [1.54, 1.807) is 35.2 Å². The first-order valence-electron chi connectivity index (χ1n) is 19.0. The predicted molar refractivity (Wildman–Crippen MR) is 227 cm³/mol. The Morgan fingerprint density at radius 3 is 2.35 bits per heavy atom. The number of hydrogen-bond donors (Lipinski definition) is 3. The number of rotatable bonds is 18. The Balaban J connectivity index is 1.20. The van der Waals surface area contributed by atoms with Crippen molar-refractivity contribution in [3.63, 3.8) is 0 Å². The Bertz CT molecular complexity index is 2440. The highest BCUT2D eigenvalue weighted by atomic mass is 35.5. The van der Waals surface area contributed by atoms with Crippen molar-refractivity contribution in [2.24, 2.45) is 0 Å². The fourth-order valence-electron chi connectivity index (χ4n) is 6.32. The Hall–Kier alpha value is -5.34. The molecule has 2 N–H and O–H groups in total. The number of thiol groups is 1. The van der Waals surface area contributed by atoms with Gasteiger partial charge in [-0.3, -0.25) is 14.4 Å². The third kappa shape index (κ3) is 12.9. The molecule has 3 aromatic carbocycles. The van der Waals surface area contributed by atoms with E-state index in [0.717, 1.165) is 11.6 Å².